The number of sulfonamides is 1. The van der Waals surface area contributed by atoms with Gasteiger partial charge >= 0.3 is 0 Å². The monoisotopic (exact) mass is 477 g/mol. The van der Waals surface area contributed by atoms with Crippen molar-refractivity contribution in [2.45, 2.75) is 29.5 Å². The third kappa shape index (κ3) is 5.22. The minimum Gasteiger partial charge on any atom is -0.380 e. The molecule has 11 heteroatoms. The zero-order valence-electron chi connectivity index (χ0n) is 17.9. The first-order valence-corrected chi connectivity index (χ1v) is 11.9. The fourth-order valence-electron chi connectivity index (χ4n) is 3.73. The van der Waals surface area contributed by atoms with E-state index in [1.54, 1.807) is 0 Å². The zero-order chi connectivity index (χ0) is 23.6. The normalized spacial score (nSPS) is 21.0. The first-order chi connectivity index (χ1) is 15.8. The molecule has 2 aliphatic rings. The van der Waals surface area contributed by atoms with Crippen LogP contribution in [0.1, 0.15) is 16.8 Å². The van der Waals surface area contributed by atoms with Gasteiger partial charge in [0.25, 0.3) is 5.91 Å². The summed E-state index contributed by atoms with van der Waals surface area (Å²) in [6.07, 6.45) is -0.0195. The summed E-state index contributed by atoms with van der Waals surface area (Å²) < 4.78 is 50.9. The van der Waals surface area contributed by atoms with Gasteiger partial charge in [0.05, 0.1) is 30.3 Å². The highest BCUT2D eigenvalue weighted by atomic mass is 32.2. The van der Waals surface area contributed by atoms with Crippen molar-refractivity contribution in [1.82, 2.24) is 9.62 Å². The third-order valence-electron chi connectivity index (χ3n) is 5.64. The van der Waals surface area contributed by atoms with Gasteiger partial charge in [-0.1, -0.05) is 0 Å². The number of anilines is 1. The molecule has 176 valence electrons. The van der Waals surface area contributed by atoms with Gasteiger partial charge in [0.1, 0.15) is 11.9 Å². The predicted octanol–water partition coefficient (Wildman–Crippen LogP) is 1.37. The van der Waals surface area contributed by atoms with Crippen molar-refractivity contribution >= 4 is 27.5 Å². The Morgan fingerprint density at radius 3 is 2.33 bits per heavy atom. The van der Waals surface area contributed by atoms with E-state index in [1.807, 2.05) is 0 Å². The van der Waals surface area contributed by atoms with Crippen molar-refractivity contribution in [2.24, 2.45) is 0 Å². The van der Waals surface area contributed by atoms with E-state index < -0.39 is 33.7 Å². The summed E-state index contributed by atoms with van der Waals surface area (Å²) in [5, 5.41) is 2.73. The number of nitrogens with one attached hydrogen (secondary N) is 2. The number of methoxy groups -OCH3 is 1. The standard InChI is InChI=1S/C22H24FN3O6S/c1-31-18-10-20(26(11-18)22(28)14-2-4-15(23)5-3-14)21(27)24-16-6-8-19(9-7-16)33(29,30)25-17-12-32-13-17/h2-9,17-18,20,25H,10-13H2,1H3,(H,24,27)/t18-,20+/m1/s1. The van der Waals surface area contributed by atoms with Crippen molar-refractivity contribution in [3.8, 4) is 0 Å². The first-order valence-electron chi connectivity index (χ1n) is 10.4. The van der Waals surface area contributed by atoms with Gasteiger partial charge in [0.15, 0.2) is 0 Å². The molecule has 33 heavy (non-hydrogen) atoms. The maximum Gasteiger partial charge on any atom is 0.254 e. The number of halogens is 1. The van der Waals surface area contributed by atoms with E-state index in [9.17, 15) is 22.4 Å². The molecule has 2 saturated heterocycles. The predicted molar refractivity (Wildman–Crippen MR) is 117 cm³/mol. The van der Waals surface area contributed by atoms with Crippen LogP contribution in [0.2, 0.25) is 0 Å². The molecular weight excluding hydrogens is 453 g/mol. The van der Waals surface area contributed by atoms with Gasteiger partial charge < -0.3 is 19.7 Å². The van der Waals surface area contributed by atoms with E-state index in [1.165, 1.54) is 60.5 Å². The van der Waals surface area contributed by atoms with Crippen LogP contribution < -0.4 is 10.0 Å². The molecule has 2 heterocycles. The van der Waals surface area contributed by atoms with Crippen LogP contribution in [-0.2, 0) is 24.3 Å². The van der Waals surface area contributed by atoms with Crippen molar-refractivity contribution < 1.29 is 31.9 Å². The molecular formula is C22H24FN3O6S. The van der Waals surface area contributed by atoms with Gasteiger partial charge in [-0.05, 0) is 48.5 Å². The Bertz CT molecular complexity index is 1120. The molecule has 2 N–H and O–H groups in total. The SMILES string of the molecule is CO[C@@H]1C[C@@H](C(=O)Nc2ccc(S(=O)(=O)NC3COC3)cc2)N(C(=O)c2ccc(F)cc2)C1. The molecule has 0 radical (unpaired) electrons. The van der Waals surface area contributed by atoms with E-state index in [-0.39, 0.29) is 29.1 Å². The lowest BCUT2D eigenvalue weighted by molar-refractivity contribution is -0.119. The highest BCUT2D eigenvalue weighted by molar-refractivity contribution is 7.89. The lowest BCUT2D eigenvalue weighted by Crippen LogP contribution is -2.48. The number of ether oxygens (including phenoxy) is 2. The van der Waals surface area contributed by atoms with E-state index >= 15 is 0 Å². The van der Waals surface area contributed by atoms with Gasteiger partial charge in [0, 0.05) is 31.3 Å². The van der Waals surface area contributed by atoms with Crippen LogP contribution in [0.15, 0.2) is 53.4 Å². The fourth-order valence-corrected chi connectivity index (χ4v) is 4.94. The van der Waals surface area contributed by atoms with Crippen molar-refractivity contribution in [1.29, 1.82) is 0 Å². The Morgan fingerprint density at radius 1 is 1.09 bits per heavy atom. The molecule has 0 unspecified atom stereocenters. The number of amides is 2. The summed E-state index contributed by atoms with van der Waals surface area (Å²) in [7, 11) is -2.18. The number of likely N-dealkylation sites (tertiary alicyclic amines) is 1. The number of hydrogen-bond donors (Lipinski definition) is 2. The average Bonchev–Trinajstić information content (AvgIpc) is 3.22. The molecule has 0 aliphatic carbocycles. The van der Waals surface area contributed by atoms with Crippen molar-refractivity contribution in [3.63, 3.8) is 0 Å². The quantitative estimate of drug-likeness (QED) is 0.623. The van der Waals surface area contributed by atoms with Crippen LogP contribution >= 0.6 is 0 Å². The van der Waals surface area contributed by atoms with Crippen molar-refractivity contribution in [3.05, 3.63) is 59.9 Å². The van der Waals surface area contributed by atoms with E-state index in [0.29, 0.717) is 25.3 Å². The van der Waals surface area contributed by atoms with Crippen LogP contribution in [0.4, 0.5) is 10.1 Å². The second kappa shape index (κ2) is 9.56. The van der Waals surface area contributed by atoms with Crippen LogP contribution in [0, 0.1) is 5.82 Å². The number of nitrogens with zero attached hydrogens (tertiary/aromatic N) is 1. The van der Waals surface area contributed by atoms with Crippen LogP contribution in [0.25, 0.3) is 0 Å². The molecule has 2 aromatic rings. The summed E-state index contributed by atoms with van der Waals surface area (Å²) in [6.45, 7) is 0.896. The summed E-state index contributed by atoms with van der Waals surface area (Å²) in [5.41, 5.74) is 0.658. The van der Waals surface area contributed by atoms with E-state index in [0.717, 1.165) is 0 Å². The lowest BCUT2D eigenvalue weighted by Gasteiger charge is -2.26. The number of hydrogen-bond acceptors (Lipinski definition) is 6. The molecule has 0 bridgehead atoms. The fraction of sp³-hybridized carbons (Fsp3) is 0.364. The van der Waals surface area contributed by atoms with Crippen LogP contribution in [-0.4, -0.2) is 70.2 Å². The van der Waals surface area contributed by atoms with Gasteiger partial charge in [-0.3, -0.25) is 9.59 Å². The largest absolute Gasteiger partial charge is 0.380 e. The van der Waals surface area contributed by atoms with Crippen LogP contribution in [0.3, 0.4) is 0 Å². The molecule has 2 amide bonds. The van der Waals surface area contributed by atoms with E-state index in [2.05, 4.69) is 10.0 Å². The summed E-state index contributed by atoms with van der Waals surface area (Å²) in [6, 6.07) is 9.84. The molecule has 2 aliphatic heterocycles. The van der Waals surface area contributed by atoms with Gasteiger partial charge in [0.2, 0.25) is 15.9 Å². The summed E-state index contributed by atoms with van der Waals surface area (Å²) >= 11 is 0. The Morgan fingerprint density at radius 2 is 1.76 bits per heavy atom. The van der Waals surface area contributed by atoms with Crippen LogP contribution in [0.5, 0.6) is 0 Å². The molecule has 2 atom stereocenters. The second-order valence-corrected chi connectivity index (χ2v) is 9.66. The van der Waals surface area contributed by atoms with E-state index in [4.69, 9.17) is 9.47 Å². The Kier molecular flexibility index (Phi) is 6.75. The average molecular weight is 478 g/mol. The van der Waals surface area contributed by atoms with Gasteiger partial charge in [-0.15, -0.1) is 0 Å². The first kappa shape index (κ1) is 23.3. The maximum absolute atomic E-state index is 13.2. The number of carbonyl (C=O) groups is 2. The molecule has 2 aromatic carbocycles. The summed E-state index contributed by atoms with van der Waals surface area (Å²) in [4.78, 5) is 27.4. The molecule has 0 spiro atoms. The Hall–Kier alpha value is -2.86. The molecule has 0 saturated carbocycles. The van der Waals surface area contributed by atoms with Gasteiger partial charge in [-0.25, -0.2) is 17.5 Å². The molecule has 0 aromatic heterocycles. The number of carbonyl (C=O) groups excluding carboxylic acids is 2. The number of rotatable bonds is 7. The highest BCUT2D eigenvalue weighted by Crippen LogP contribution is 2.24. The number of benzene rings is 2. The highest BCUT2D eigenvalue weighted by Gasteiger charge is 2.40. The maximum atomic E-state index is 13.2. The second-order valence-electron chi connectivity index (χ2n) is 7.94. The molecule has 9 nitrogen and oxygen atoms in total. The van der Waals surface area contributed by atoms with Gasteiger partial charge in [-0.2, -0.15) is 0 Å². The third-order valence-corrected chi connectivity index (χ3v) is 7.18. The zero-order valence-corrected chi connectivity index (χ0v) is 18.7. The Labute approximate surface area is 190 Å². The molecule has 4 rings (SSSR count). The minimum atomic E-state index is -3.68. The minimum absolute atomic E-state index is 0.0702. The topological polar surface area (TPSA) is 114 Å². The summed E-state index contributed by atoms with van der Waals surface area (Å²) in [5.74, 6) is -1.29. The lowest BCUT2D eigenvalue weighted by atomic mass is 10.1. The van der Waals surface area contributed by atoms with Crippen molar-refractivity contribution in [2.75, 3.05) is 32.2 Å². The Balaban J connectivity index is 1.45. The smallest absolute Gasteiger partial charge is 0.254 e. The molecule has 2 fully saturated rings.